The summed E-state index contributed by atoms with van der Waals surface area (Å²) < 4.78 is 5.21. The summed E-state index contributed by atoms with van der Waals surface area (Å²) in [6, 6.07) is 0. The van der Waals surface area contributed by atoms with Crippen molar-refractivity contribution in [1.82, 2.24) is 0 Å². The summed E-state index contributed by atoms with van der Waals surface area (Å²) in [6.45, 7) is 2.04. The van der Waals surface area contributed by atoms with Crippen molar-refractivity contribution in [3.63, 3.8) is 0 Å². The van der Waals surface area contributed by atoms with Crippen molar-refractivity contribution in [2.24, 2.45) is 5.73 Å². The van der Waals surface area contributed by atoms with Crippen LogP contribution in [0.1, 0.15) is 26.2 Å². The normalized spacial score (nSPS) is 34.0. The molecular weight excluding hydrogens is 114 g/mol. The maximum atomic E-state index is 5.78. The van der Waals surface area contributed by atoms with Gasteiger partial charge in [0.15, 0.2) is 5.72 Å². The highest BCUT2D eigenvalue weighted by atomic mass is 16.5. The highest BCUT2D eigenvalue weighted by Crippen LogP contribution is 2.20. The van der Waals surface area contributed by atoms with Gasteiger partial charge in [0.1, 0.15) is 0 Å². The van der Waals surface area contributed by atoms with Crippen LogP contribution in [0.2, 0.25) is 0 Å². The van der Waals surface area contributed by atoms with Crippen LogP contribution in [0.15, 0.2) is 12.3 Å². The average molecular weight is 127 g/mol. The molecule has 0 bridgehead atoms. The molecule has 0 radical (unpaired) electrons. The van der Waals surface area contributed by atoms with E-state index in [1.165, 1.54) is 0 Å². The third-order valence-electron chi connectivity index (χ3n) is 1.73. The summed E-state index contributed by atoms with van der Waals surface area (Å²) in [5, 5.41) is 0. The van der Waals surface area contributed by atoms with Gasteiger partial charge < -0.3 is 4.74 Å². The molecule has 0 saturated heterocycles. The Bertz CT molecular complexity index is 122. The molecule has 2 heteroatoms. The Morgan fingerprint density at radius 3 is 2.89 bits per heavy atom. The predicted octanol–water partition coefficient (Wildman–Crippen LogP) is 1.38. The SMILES string of the molecule is CCC1(N)CCC=CO1. The van der Waals surface area contributed by atoms with Gasteiger partial charge in [-0.25, -0.2) is 0 Å². The van der Waals surface area contributed by atoms with Gasteiger partial charge in [-0.15, -0.1) is 0 Å². The van der Waals surface area contributed by atoms with Crippen LogP contribution in [-0.4, -0.2) is 5.72 Å². The lowest BCUT2D eigenvalue weighted by atomic mass is 10.0. The molecule has 1 rings (SSSR count). The lowest BCUT2D eigenvalue weighted by Gasteiger charge is -2.29. The molecule has 1 aliphatic rings. The molecule has 1 aliphatic heterocycles. The summed E-state index contributed by atoms with van der Waals surface area (Å²) in [5.41, 5.74) is 5.42. The molecule has 0 aromatic heterocycles. The molecule has 0 aliphatic carbocycles. The largest absolute Gasteiger partial charge is 0.481 e. The van der Waals surface area contributed by atoms with Crippen molar-refractivity contribution >= 4 is 0 Å². The number of allylic oxidation sites excluding steroid dienone is 1. The van der Waals surface area contributed by atoms with E-state index in [1.807, 2.05) is 13.0 Å². The van der Waals surface area contributed by atoms with Gasteiger partial charge in [-0.05, 0) is 18.9 Å². The lowest BCUT2D eigenvalue weighted by molar-refractivity contribution is 0.00677. The molecule has 2 N–H and O–H groups in total. The van der Waals surface area contributed by atoms with Crippen LogP contribution in [0.4, 0.5) is 0 Å². The van der Waals surface area contributed by atoms with Crippen molar-refractivity contribution < 1.29 is 4.74 Å². The monoisotopic (exact) mass is 127 g/mol. The standard InChI is InChI=1S/C7H13NO/c1-2-7(8)5-3-4-6-9-7/h4,6H,2-3,5,8H2,1H3. The molecule has 0 aromatic rings. The maximum Gasteiger partial charge on any atom is 0.157 e. The third-order valence-corrected chi connectivity index (χ3v) is 1.73. The van der Waals surface area contributed by atoms with E-state index >= 15 is 0 Å². The Hall–Kier alpha value is -0.500. The smallest absolute Gasteiger partial charge is 0.157 e. The Balaban J connectivity index is 2.50. The van der Waals surface area contributed by atoms with E-state index in [-0.39, 0.29) is 5.72 Å². The van der Waals surface area contributed by atoms with E-state index in [2.05, 4.69) is 0 Å². The molecule has 1 heterocycles. The van der Waals surface area contributed by atoms with Crippen LogP contribution in [0, 0.1) is 0 Å². The van der Waals surface area contributed by atoms with Crippen LogP contribution >= 0.6 is 0 Å². The minimum atomic E-state index is -0.366. The first-order valence-corrected chi connectivity index (χ1v) is 3.38. The van der Waals surface area contributed by atoms with E-state index in [9.17, 15) is 0 Å². The summed E-state index contributed by atoms with van der Waals surface area (Å²) in [7, 11) is 0. The van der Waals surface area contributed by atoms with E-state index in [0.29, 0.717) is 0 Å². The first kappa shape index (κ1) is 6.62. The second-order valence-corrected chi connectivity index (χ2v) is 2.45. The molecule has 0 aromatic carbocycles. The van der Waals surface area contributed by atoms with Gasteiger partial charge in [0.2, 0.25) is 0 Å². The van der Waals surface area contributed by atoms with Gasteiger partial charge >= 0.3 is 0 Å². The zero-order valence-electron chi connectivity index (χ0n) is 5.76. The van der Waals surface area contributed by atoms with Crippen molar-refractivity contribution in [3.8, 4) is 0 Å². The van der Waals surface area contributed by atoms with Gasteiger partial charge in [-0.3, -0.25) is 5.73 Å². The minimum absolute atomic E-state index is 0.366. The quantitative estimate of drug-likeness (QED) is 0.577. The van der Waals surface area contributed by atoms with Gasteiger partial charge in [-0.1, -0.05) is 6.92 Å². The second kappa shape index (κ2) is 2.40. The van der Waals surface area contributed by atoms with E-state index in [1.54, 1.807) is 6.26 Å². The van der Waals surface area contributed by atoms with Crippen LogP contribution in [0.5, 0.6) is 0 Å². The molecule has 0 amide bonds. The summed E-state index contributed by atoms with van der Waals surface area (Å²) in [4.78, 5) is 0. The van der Waals surface area contributed by atoms with Gasteiger partial charge in [-0.2, -0.15) is 0 Å². The number of hydrogen-bond acceptors (Lipinski definition) is 2. The van der Waals surface area contributed by atoms with Crippen LogP contribution < -0.4 is 5.73 Å². The summed E-state index contributed by atoms with van der Waals surface area (Å²) in [5.74, 6) is 0. The highest BCUT2D eigenvalue weighted by Gasteiger charge is 2.23. The highest BCUT2D eigenvalue weighted by molar-refractivity contribution is 4.87. The maximum absolute atomic E-state index is 5.78. The summed E-state index contributed by atoms with van der Waals surface area (Å²) in [6.07, 6.45) is 6.58. The van der Waals surface area contributed by atoms with Gasteiger partial charge in [0.05, 0.1) is 6.26 Å². The van der Waals surface area contributed by atoms with E-state index in [4.69, 9.17) is 10.5 Å². The minimum Gasteiger partial charge on any atom is -0.481 e. The van der Waals surface area contributed by atoms with Crippen LogP contribution in [-0.2, 0) is 4.74 Å². The third kappa shape index (κ3) is 1.45. The second-order valence-electron chi connectivity index (χ2n) is 2.45. The van der Waals surface area contributed by atoms with Crippen LogP contribution in [0.3, 0.4) is 0 Å². The Morgan fingerprint density at radius 2 is 2.56 bits per heavy atom. The molecule has 1 unspecified atom stereocenters. The molecular formula is C7H13NO. The number of hydrogen-bond donors (Lipinski definition) is 1. The van der Waals surface area contributed by atoms with Crippen molar-refractivity contribution in [2.75, 3.05) is 0 Å². The summed E-state index contributed by atoms with van der Waals surface area (Å²) >= 11 is 0. The average Bonchev–Trinajstić information content (AvgIpc) is 1.90. The topological polar surface area (TPSA) is 35.2 Å². The zero-order valence-corrected chi connectivity index (χ0v) is 5.76. The Labute approximate surface area is 55.7 Å². The Kier molecular flexibility index (Phi) is 1.76. The van der Waals surface area contributed by atoms with Crippen molar-refractivity contribution in [3.05, 3.63) is 12.3 Å². The molecule has 52 valence electrons. The number of nitrogens with two attached hydrogens (primary N) is 1. The molecule has 1 atom stereocenters. The number of ether oxygens (including phenoxy) is 1. The zero-order chi connectivity index (χ0) is 6.74. The fraction of sp³-hybridized carbons (Fsp3) is 0.714. The first-order chi connectivity index (χ1) is 4.27. The fourth-order valence-corrected chi connectivity index (χ4v) is 0.898. The molecule has 2 nitrogen and oxygen atoms in total. The fourth-order valence-electron chi connectivity index (χ4n) is 0.898. The predicted molar refractivity (Wildman–Crippen MR) is 36.7 cm³/mol. The molecule has 0 fully saturated rings. The lowest BCUT2D eigenvalue weighted by Crippen LogP contribution is -2.41. The first-order valence-electron chi connectivity index (χ1n) is 3.38. The Morgan fingerprint density at radius 1 is 1.78 bits per heavy atom. The van der Waals surface area contributed by atoms with Gasteiger partial charge in [0, 0.05) is 6.42 Å². The molecule has 0 spiro atoms. The van der Waals surface area contributed by atoms with Gasteiger partial charge in [0.25, 0.3) is 0 Å². The number of rotatable bonds is 1. The van der Waals surface area contributed by atoms with Crippen molar-refractivity contribution in [2.45, 2.75) is 31.9 Å². The van der Waals surface area contributed by atoms with Crippen molar-refractivity contribution in [1.29, 1.82) is 0 Å². The van der Waals surface area contributed by atoms with E-state index < -0.39 is 0 Å². The molecule has 9 heavy (non-hydrogen) atoms. The molecule has 0 saturated carbocycles. The van der Waals surface area contributed by atoms with E-state index in [0.717, 1.165) is 19.3 Å². The van der Waals surface area contributed by atoms with Crippen LogP contribution in [0.25, 0.3) is 0 Å².